The Morgan fingerprint density at radius 3 is 2.34 bits per heavy atom. The van der Waals surface area contributed by atoms with E-state index < -0.39 is 5.97 Å². The minimum atomic E-state index is -0.761. The molecule has 0 aliphatic heterocycles. The van der Waals surface area contributed by atoms with Crippen LogP contribution in [0.1, 0.15) is 68.7 Å². The lowest BCUT2D eigenvalue weighted by atomic mass is 9.87. The molecule has 1 unspecified atom stereocenters. The number of aromatic nitrogens is 3. The quantitative estimate of drug-likeness (QED) is 0.152. The molecule has 214 valence electrons. The number of carboxylic acids is 1. The van der Waals surface area contributed by atoms with E-state index in [2.05, 4.69) is 78.4 Å². The van der Waals surface area contributed by atoms with Crippen LogP contribution in [0.3, 0.4) is 0 Å². The Morgan fingerprint density at radius 1 is 0.976 bits per heavy atom. The Balaban J connectivity index is 1.45. The molecule has 0 saturated carbocycles. The molecule has 0 saturated heterocycles. The van der Waals surface area contributed by atoms with Gasteiger partial charge in [-0.3, -0.25) is 9.78 Å². The Morgan fingerprint density at radius 2 is 1.68 bits per heavy atom. The number of H-pyrrole nitrogens is 2. The minimum absolute atomic E-state index is 0.114. The number of nitrogens with zero attached hydrogens (tertiary/aromatic N) is 1. The lowest BCUT2D eigenvalue weighted by Gasteiger charge is -2.19. The van der Waals surface area contributed by atoms with Crippen LogP contribution < -0.4 is 10.4 Å². The van der Waals surface area contributed by atoms with Crippen molar-refractivity contribution in [2.45, 2.75) is 64.9 Å². The number of rotatable bonds is 13. The zero-order valence-corrected chi connectivity index (χ0v) is 24.0. The lowest BCUT2D eigenvalue weighted by molar-refractivity contribution is -0.137. The number of hydrogen-bond donors (Lipinski definition) is 3. The molecule has 1 aromatic heterocycles. The number of para-hydroxylation sites is 1. The van der Waals surface area contributed by atoms with Gasteiger partial charge in [0, 0.05) is 17.5 Å². The third-order valence-electron chi connectivity index (χ3n) is 7.12. The molecule has 7 nitrogen and oxygen atoms in total. The smallest absolute Gasteiger partial charge is 0.340 e. The number of carboxylic acid groups (broad SMARTS) is 1. The Kier molecular flexibility index (Phi) is 9.95. The number of benzene rings is 3. The van der Waals surface area contributed by atoms with Crippen molar-refractivity contribution in [3.05, 3.63) is 112 Å². The van der Waals surface area contributed by atoms with Gasteiger partial charge in [-0.15, -0.1) is 0 Å². The van der Waals surface area contributed by atoms with E-state index in [4.69, 9.17) is 9.84 Å². The van der Waals surface area contributed by atoms with Crippen LogP contribution in [0.5, 0.6) is 5.75 Å². The van der Waals surface area contributed by atoms with E-state index in [0.29, 0.717) is 18.9 Å². The molecular formula is C34H39N3O4. The van der Waals surface area contributed by atoms with Crippen molar-refractivity contribution < 1.29 is 14.6 Å². The van der Waals surface area contributed by atoms with Gasteiger partial charge in [-0.05, 0) is 53.4 Å². The molecule has 0 fully saturated rings. The summed E-state index contributed by atoms with van der Waals surface area (Å²) in [5, 5.41) is 15.4. The molecule has 0 spiro atoms. The maximum atomic E-state index is 11.4. The van der Waals surface area contributed by atoms with Gasteiger partial charge in [0.05, 0.1) is 0 Å². The van der Waals surface area contributed by atoms with Crippen molar-refractivity contribution in [3.63, 3.8) is 0 Å². The average Bonchev–Trinajstić information content (AvgIpc) is 3.39. The molecule has 0 aliphatic carbocycles. The maximum absolute atomic E-state index is 11.4. The molecule has 0 aliphatic rings. The summed E-state index contributed by atoms with van der Waals surface area (Å²) in [7, 11) is 0. The summed E-state index contributed by atoms with van der Waals surface area (Å²) < 4.78 is 6.23. The number of aromatic amines is 2. The number of nitrogens with one attached hydrogen (secondary N) is 2. The molecule has 4 rings (SSSR count). The van der Waals surface area contributed by atoms with Crippen LogP contribution in [-0.4, -0.2) is 26.3 Å². The Labute approximate surface area is 241 Å². The van der Waals surface area contributed by atoms with E-state index in [1.54, 1.807) is 0 Å². The maximum Gasteiger partial charge on any atom is 0.340 e. The Hall–Kier alpha value is -4.39. The summed E-state index contributed by atoms with van der Waals surface area (Å²) in [5.74, 6) is 0.792. The predicted octanol–water partition coefficient (Wildman–Crippen LogP) is 7.16. The van der Waals surface area contributed by atoms with Gasteiger partial charge in [0.1, 0.15) is 12.4 Å². The largest absolute Gasteiger partial charge is 0.488 e. The van der Waals surface area contributed by atoms with E-state index in [0.717, 1.165) is 47.3 Å². The summed E-state index contributed by atoms with van der Waals surface area (Å²) in [6, 6.07) is 24.6. The van der Waals surface area contributed by atoms with Gasteiger partial charge in [0.25, 0.3) is 0 Å². The molecule has 4 aromatic rings. The summed E-state index contributed by atoms with van der Waals surface area (Å²) in [4.78, 5) is 25.1. The highest BCUT2D eigenvalue weighted by atomic mass is 16.5. The number of hydrogen-bond acceptors (Lipinski definition) is 4. The second kappa shape index (κ2) is 13.8. The van der Waals surface area contributed by atoms with Crippen molar-refractivity contribution in [2.75, 3.05) is 0 Å². The van der Waals surface area contributed by atoms with Crippen molar-refractivity contribution in [1.82, 2.24) is 15.2 Å². The van der Waals surface area contributed by atoms with Gasteiger partial charge in [-0.1, -0.05) is 106 Å². The van der Waals surface area contributed by atoms with E-state index in [1.807, 2.05) is 42.5 Å². The lowest BCUT2D eigenvalue weighted by Crippen LogP contribution is -2.10. The van der Waals surface area contributed by atoms with Crippen LogP contribution in [0.25, 0.3) is 17.5 Å². The van der Waals surface area contributed by atoms with Crippen LogP contribution in [-0.2, 0) is 23.2 Å². The molecule has 3 N–H and O–H groups in total. The molecule has 3 aromatic carbocycles. The molecule has 1 atom stereocenters. The summed E-state index contributed by atoms with van der Waals surface area (Å²) in [6.45, 7) is 7.11. The molecule has 0 amide bonds. The van der Waals surface area contributed by atoms with Gasteiger partial charge in [-0.25, -0.2) is 9.89 Å². The van der Waals surface area contributed by atoms with Crippen LogP contribution in [0, 0.1) is 5.92 Å². The molecule has 0 radical (unpaired) electrons. The standard InChI is InChI=1S/C34H39N3O4/c1-34(2,3)29-20-15-26(16-21-29)23-41-30-10-6-5-9-27(30)17-12-24(8-4-7-11-31(38)39)22-25-13-18-28(19-14-25)32-35-33(40)37-36-32/h5-6,9-10,12-21,24H,4,7-8,11,22-23H2,1-3H3,(H,38,39)(H2,35,36,37,40)/b17-12+. The summed E-state index contributed by atoms with van der Waals surface area (Å²) >= 11 is 0. The fourth-order valence-electron chi connectivity index (χ4n) is 4.71. The van der Waals surface area contributed by atoms with Crippen LogP contribution in [0.4, 0.5) is 0 Å². The molecule has 41 heavy (non-hydrogen) atoms. The first-order valence-corrected chi connectivity index (χ1v) is 14.1. The molecule has 7 heteroatoms. The molecular weight excluding hydrogens is 514 g/mol. The van der Waals surface area contributed by atoms with E-state index in [-0.39, 0.29) is 23.4 Å². The first-order valence-electron chi connectivity index (χ1n) is 14.1. The minimum Gasteiger partial charge on any atom is -0.488 e. The van der Waals surface area contributed by atoms with Crippen molar-refractivity contribution in [3.8, 4) is 17.1 Å². The second-order valence-electron chi connectivity index (χ2n) is 11.5. The monoisotopic (exact) mass is 553 g/mol. The van der Waals surface area contributed by atoms with Gasteiger partial charge in [-0.2, -0.15) is 5.10 Å². The van der Waals surface area contributed by atoms with E-state index in [1.165, 1.54) is 5.56 Å². The zero-order valence-electron chi connectivity index (χ0n) is 24.0. The van der Waals surface area contributed by atoms with Crippen molar-refractivity contribution in [1.29, 1.82) is 0 Å². The fourth-order valence-corrected chi connectivity index (χ4v) is 4.71. The number of unbranched alkanes of at least 4 members (excludes halogenated alkanes) is 1. The Bertz CT molecular complexity index is 1490. The predicted molar refractivity (Wildman–Crippen MR) is 163 cm³/mol. The fraction of sp³-hybridized carbons (Fsp3) is 0.324. The SMILES string of the molecule is CC(C)(C)c1ccc(COc2ccccc2/C=C/C(CCCCC(=O)O)Cc2ccc(-c3n[nH]c(=O)[nH]3)cc2)cc1. The number of ether oxygens (including phenoxy) is 1. The number of aliphatic carboxylic acids is 1. The highest BCUT2D eigenvalue weighted by Crippen LogP contribution is 2.26. The van der Waals surface area contributed by atoms with Gasteiger partial charge in [0.2, 0.25) is 0 Å². The average molecular weight is 554 g/mol. The highest BCUT2D eigenvalue weighted by Gasteiger charge is 2.13. The number of allylic oxidation sites excluding steroid dienone is 1. The second-order valence-corrected chi connectivity index (χ2v) is 11.5. The third kappa shape index (κ3) is 9.07. The van der Waals surface area contributed by atoms with Crippen molar-refractivity contribution in [2.24, 2.45) is 5.92 Å². The van der Waals surface area contributed by atoms with Crippen molar-refractivity contribution >= 4 is 12.0 Å². The molecule has 1 heterocycles. The van der Waals surface area contributed by atoms with Crippen LogP contribution in [0.2, 0.25) is 0 Å². The van der Waals surface area contributed by atoms with Gasteiger partial charge >= 0.3 is 11.7 Å². The van der Waals surface area contributed by atoms with Crippen LogP contribution >= 0.6 is 0 Å². The first kappa shape index (κ1) is 29.6. The number of carbonyl (C=O) groups is 1. The van der Waals surface area contributed by atoms with Crippen LogP contribution in [0.15, 0.2) is 83.7 Å². The molecule has 0 bridgehead atoms. The summed E-state index contributed by atoms with van der Waals surface area (Å²) in [6.07, 6.45) is 7.67. The van der Waals surface area contributed by atoms with E-state index in [9.17, 15) is 9.59 Å². The summed E-state index contributed by atoms with van der Waals surface area (Å²) in [5.41, 5.74) is 5.19. The topological polar surface area (TPSA) is 108 Å². The zero-order chi connectivity index (χ0) is 29.2. The highest BCUT2D eigenvalue weighted by molar-refractivity contribution is 5.66. The normalized spacial score (nSPS) is 12.5. The van der Waals surface area contributed by atoms with E-state index >= 15 is 0 Å². The third-order valence-corrected chi connectivity index (χ3v) is 7.12. The first-order chi connectivity index (χ1) is 19.7. The van der Waals surface area contributed by atoms with Gasteiger partial charge in [0.15, 0.2) is 5.82 Å². The van der Waals surface area contributed by atoms with Gasteiger partial charge < -0.3 is 9.84 Å².